The minimum atomic E-state index is -3.40. The number of hydrogen-bond acceptors (Lipinski definition) is 4. The lowest BCUT2D eigenvalue weighted by Gasteiger charge is -2.08. The fourth-order valence-corrected chi connectivity index (χ4v) is 3.31. The summed E-state index contributed by atoms with van der Waals surface area (Å²) in [7, 11) is -3.40. The van der Waals surface area contributed by atoms with Crippen LogP contribution in [0.4, 0.5) is 0 Å². The molecule has 6 nitrogen and oxygen atoms in total. The van der Waals surface area contributed by atoms with Gasteiger partial charge in [0.15, 0.2) is 9.84 Å². The molecule has 0 spiro atoms. The monoisotopic (exact) mass is 370 g/mol. The first-order valence-electron chi connectivity index (χ1n) is 7.95. The lowest BCUT2D eigenvalue weighted by Crippen LogP contribution is -2.26. The number of carbonyl (C=O) groups is 1. The fraction of sp³-hybridized carbons (Fsp3) is 0.158. The molecule has 0 radical (unpaired) electrons. The summed E-state index contributed by atoms with van der Waals surface area (Å²) >= 11 is 0. The van der Waals surface area contributed by atoms with E-state index in [0.717, 1.165) is 22.7 Å². The van der Waals surface area contributed by atoms with E-state index in [1.165, 1.54) is 24.3 Å². The second-order valence-electron chi connectivity index (χ2n) is 6.20. The van der Waals surface area contributed by atoms with Crippen LogP contribution >= 0.6 is 0 Å². The maximum atomic E-state index is 12.3. The van der Waals surface area contributed by atoms with Gasteiger partial charge in [-0.2, -0.15) is 0 Å². The highest BCUT2D eigenvalue weighted by molar-refractivity contribution is 7.90. The number of rotatable bonds is 4. The summed E-state index contributed by atoms with van der Waals surface area (Å²) in [5, 5.41) is 3.54. The molecule has 0 atom stereocenters. The van der Waals surface area contributed by atoms with E-state index in [-0.39, 0.29) is 22.6 Å². The van der Waals surface area contributed by atoms with Crippen LogP contribution in [0.1, 0.15) is 21.5 Å². The Bertz CT molecular complexity index is 1160. The number of aromatic nitrogens is 1. The van der Waals surface area contributed by atoms with Crippen LogP contribution in [-0.2, 0) is 16.4 Å². The fourth-order valence-electron chi connectivity index (χ4n) is 2.65. The van der Waals surface area contributed by atoms with E-state index in [0.29, 0.717) is 5.56 Å². The van der Waals surface area contributed by atoms with Gasteiger partial charge in [0.05, 0.1) is 4.90 Å². The Kier molecular flexibility index (Phi) is 4.65. The quantitative estimate of drug-likeness (QED) is 0.736. The maximum Gasteiger partial charge on any atom is 0.253 e. The van der Waals surface area contributed by atoms with E-state index in [1.807, 2.05) is 25.1 Å². The van der Waals surface area contributed by atoms with Crippen molar-refractivity contribution >= 4 is 26.6 Å². The normalized spacial score (nSPS) is 11.5. The van der Waals surface area contributed by atoms with Gasteiger partial charge in [-0.1, -0.05) is 17.7 Å². The summed E-state index contributed by atoms with van der Waals surface area (Å²) < 4.78 is 23.2. The molecule has 0 aliphatic carbocycles. The van der Waals surface area contributed by atoms with E-state index in [1.54, 1.807) is 6.07 Å². The molecule has 0 aliphatic rings. The number of H-pyrrole nitrogens is 1. The Hall–Kier alpha value is -2.93. The van der Waals surface area contributed by atoms with Crippen molar-refractivity contribution in [2.75, 3.05) is 6.26 Å². The highest BCUT2D eigenvalue weighted by Crippen LogP contribution is 2.14. The Labute approximate surface area is 150 Å². The molecule has 3 aromatic rings. The third-order valence-electron chi connectivity index (χ3n) is 4.04. The first-order valence-corrected chi connectivity index (χ1v) is 9.84. The summed E-state index contributed by atoms with van der Waals surface area (Å²) in [5.41, 5.74) is 2.18. The molecular weight excluding hydrogens is 352 g/mol. The maximum absolute atomic E-state index is 12.3. The minimum absolute atomic E-state index is 0.0428. The van der Waals surface area contributed by atoms with Crippen molar-refractivity contribution in [1.82, 2.24) is 10.3 Å². The number of carbonyl (C=O) groups excluding carboxylic acids is 1. The Morgan fingerprint density at radius 3 is 2.62 bits per heavy atom. The molecule has 0 aliphatic heterocycles. The van der Waals surface area contributed by atoms with Gasteiger partial charge in [0, 0.05) is 29.4 Å². The first kappa shape index (κ1) is 17.9. The lowest BCUT2D eigenvalue weighted by molar-refractivity contribution is 0.0950. The summed E-state index contributed by atoms with van der Waals surface area (Å²) in [5.74, 6) is -0.445. The van der Waals surface area contributed by atoms with E-state index >= 15 is 0 Å². The molecule has 0 saturated heterocycles. The number of nitrogens with one attached hydrogen (secondary N) is 2. The number of aromatic amines is 1. The molecule has 1 heterocycles. The summed E-state index contributed by atoms with van der Waals surface area (Å²) in [4.78, 5) is 27.3. The number of aryl methyl sites for hydroxylation is 1. The van der Waals surface area contributed by atoms with E-state index in [2.05, 4.69) is 10.3 Å². The van der Waals surface area contributed by atoms with Gasteiger partial charge in [-0.25, -0.2) is 8.42 Å². The molecule has 1 aromatic heterocycles. The van der Waals surface area contributed by atoms with Crippen molar-refractivity contribution in [3.63, 3.8) is 0 Å². The van der Waals surface area contributed by atoms with Crippen LogP contribution in [0.15, 0.2) is 58.2 Å². The average Bonchev–Trinajstić information content (AvgIpc) is 2.59. The molecule has 0 bridgehead atoms. The predicted octanol–water partition coefficient (Wildman–Crippen LogP) is 2.17. The molecule has 0 fully saturated rings. The molecule has 26 heavy (non-hydrogen) atoms. The third-order valence-corrected chi connectivity index (χ3v) is 5.15. The van der Waals surface area contributed by atoms with Gasteiger partial charge in [0.2, 0.25) is 0 Å². The van der Waals surface area contributed by atoms with Crippen molar-refractivity contribution in [1.29, 1.82) is 0 Å². The largest absolute Gasteiger partial charge is 0.348 e. The molecule has 134 valence electrons. The summed E-state index contributed by atoms with van der Waals surface area (Å²) in [6, 6.07) is 13.2. The molecule has 2 N–H and O–H groups in total. The zero-order chi connectivity index (χ0) is 18.9. The number of fused-ring (bicyclic) bond motifs is 1. The molecule has 0 unspecified atom stereocenters. The van der Waals surface area contributed by atoms with Crippen molar-refractivity contribution in [2.45, 2.75) is 18.4 Å². The van der Waals surface area contributed by atoms with Gasteiger partial charge in [-0.15, -0.1) is 0 Å². The second-order valence-corrected chi connectivity index (χ2v) is 8.21. The number of pyridine rings is 1. The molecule has 1 amide bonds. The molecule has 3 rings (SSSR count). The van der Waals surface area contributed by atoms with Gasteiger partial charge < -0.3 is 10.3 Å². The summed E-state index contributed by atoms with van der Waals surface area (Å²) in [6.07, 6.45) is 1.08. The molecule has 0 saturated carbocycles. The van der Waals surface area contributed by atoms with Crippen molar-refractivity contribution < 1.29 is 13.2 Å². The van der Waals surface area contributed by atoms with Crippen LogP contribution in [0.3, 0.4) is 0 Å². The number of benzene rings is 2. The summed E-state index contributed by atoms with van der Waals surface area (Å²) in [6.45, 7) is 2.00. The van der Waals surface area contributed by atoms with Crippen LogP contribution in [0.25, 0.3) is 10.9 Å². The van der Waals surface area contributed by atoms with Gasteiger partial charge in [-0.3, -0.25) is 9.59 Å². The average molecular weight is 370 g/mol. The van der Waals surface area contributed by atoms with E-state index < -0.39 is 15.7 Å². The molecule has 2 aromatic carbocycles. The lowest BCUT2D eigenvalue weighted by atomic mass is 10.1. The van der Waals surface area contributed by atoms with Crippen LogP contribution in [0, 0.1) is 6.92 Å². The second kappa shape index (κ2) is 6.76. The van der Waals surface area contributed by atoms with Gasteiger partial charge in [0.25, 0.3) is 11.5 Å². The van der Waals surface area contributed by atoms with Crippen molar-refractivity contribution in [3.8, 4) is 0 Å². The van der Waals surface area contributed by atoms with E-state index in [9.17, 15) is 18.0 Å². The van der Waals surface area contributed by atoms with Crippen molar-refractivity contribution in [3.05, 3.63) is 75.6 Å². The SMILES string of the molecule is Cc1ccc2[nH]c(=O)c(CNC(=O)c3cccc(S(C)(=O)=O)c3)cc2c1. The zero-order valence-corrected chi connectivity index (χ0v) is 15.2. The molecule has 7 heteroatoms. The number of sulfone groups is 1. The highest BCUT2D eigenvalue weighted by Gasteiger charge is 2.12. The Morgan fingerprint density at radius 2 is 1.88 bits per heavy atom. The zero-order valence-electron chi connectivity index (χ0n) is 14.4. The van der Waals surface area contributed by atoms with Crippen LogP contribution in [-0.4, -0.2) is 25.6 Å². The Morgan fingerprint density at radius 1 is 1.12 bits per heavy atom. The van der Waals surface area contributed by atoms with Gasteiger partial charge in [-0.05, 0) is 48.7 Å². The van der Waals surface area contributed by atoms with Crippen molar-refractivity contribution in [2.24, 2.45) is 0 Å². The van der Waals surface area contributed by atoms with Gasteiger partial charge >= 0.3 is 0 Å². The molecular formula is C19H18N2O4S. The topological polar surface area (TPSA) is 96.1 Å². The van der Waals surface area contributed by atoms with Crippen LogP contribution in [0.2, 0.25) is 0 Å². The minimum Gasteiger partial charge on any atom is -0.348 e. The third kappa shape index (κ3) is 3.83. The Balaban J connectivity index is 1.83. The number of amides is 1. The standard InChI is InChI=1S/C19H18N2O4S/c1-12-6-7-17-14(8-12)9-15(19(23)21-17)11-20-18(22)13-4-3-5-16(10-13)26(2,24)25/h3-10H,11H2,1-2H3,(H,20,22)(H,21,23). The van der Waals surface area contributed by atoms with Crippen LogP contribution in [0.5, 0.6) is 0 Å². The predicted molar refractivity (Wildman–Crippen MR) is 100 cm³/mol. The first-order chi connectivity index (χ1) is 12.2. The van der Waals surface area contributed by atoms with Crippen LogP contribution < -0.4 is 10.9 Å². The highest BCUT2D eigenvalue weighted by atomic mass is 32.2. The van der Waals surface area contributed by atoms with E-state index in [4.69, 9.17) is 0 Å². The van der Waals surface area contributed by atoms with Gasteiger partial charge in [0.1, 0.15) is 0 Å². The number of hydrogen-bond donors (Lipinski definition) is 2. The smallest absolute Gasteiger partial charge is 0.253 e.